The number of aliphatic hydroxyl groups excluding tert-OH is 1. The third kappa shape index (κ3) is 4.24. The highest BCUT2D eigenvalue weighted by atomic mass is 32.2. The first-order valence-electron chi connectivity index (χ1n) is 1.66. The third-order valence-electron chi connectivity index (χ3n) is 0.313. The van der Waals surface area contributed by atoms with Crippen LogP contribution in [0, 0.1) is 0 Å². The highest BCUT2D eigenvalue weighted by Gasteiger charge is 1.78. The molecule has 0 fully saturated rings. The van der Waals surface area contributed by atoms with Gasteiger partial charge in [0.2, 0.25) is 0 Å². The second-order valence-corrected chi connectivity index (χ2v) is 1.80. The zero-order valence-electron chi connectivity index (χ0n) is 3.35. The van der Waals surface area contributed by atoms with E-state index in [9.17, 15) is 4.39 Å². The van der Waals surface area contributed by atoms with Gasteiger partial charge < -0.3 is 5.11 Å². The van der Waals surface area contributed by atoms with E-state index in [1.807, 2.05) is 0 Å². The van der Waals surface area contributed by atoms with Crippen LogP contribution in [0.3, 0.4) is 0 Å². The van der Waals surface area contributed by atoms with E-state index in [4.69, 9.17) is 5.11 Å². The quantitative estimate of drug-likeness (QED) is 0.425. The Hall–Kier alpha value is 0.240. The van der Waals surface area contributed by atoms with Gasteiger partial charge in [0.05, 0.1) is 12.6 Å². The summed E-state index contributed by atoms with van der Waals surface area (Å²) in [7, 11) is 0. The molecule has 0 atom stereocenters. The molecule has 0 aromatic rings. The second-order valence-electron chi connectivity index (χ2n) is 0.726. The van der Waals surface area contributed by atoms with Gasteiger partial charge in [0.1, 0.15) is 0 Å². The molecule has 6 heavy (non-hydrogen) atoms. The fraction of sp³-hybridized carbons (Fsp3) is 1.00. The van der Waals surface area contributed by atoms with Crippen LogP contribution in [0.15, 0.2) is 0 Å². The summed E-state index contributed by atoms with van der Waals surface area (Å²) < 4.78 is 11.0. The second kappa shape index (κ2) is 5.24. The molecule has 0 aliphatic heterocycles. The van der Waals surface area contributed by atoms with Gasteiger partial charge in [0.25, 0.3) is 0 Å². The van der Waals surface area contributed by atoms with Crippen molar-refractivity contribution >= 4 is 11.8 Å². The van der Waals surface area contributed by atoms with Crippen molar-refractivity contribution in [2.75, 3.05) is 18.4 Å². The van der Waals surface area contributed by atoms with Crippen molar-refractivity contribution in [3.05, 3.63) is 0 Å². The maximum absolute atomic E-state index is 11.0. The highest BCUT2D eigenvalue weighted by molar-refractivity contribution is 7.99. The normalized spacial score (nSPS) is 9.00. The molecule has 0 spiro atoms. The van der Waals surface area contributed by atoms with Crippen LogP contribution in [0.4, 0.5) is 4.39 Å². The van der Waals surface area contributed by atoms with Gasteiger partial charge in [-0.3, -0.25) is 4.39 Å². The Balaban J connectivity index is 2.34. The lowest BCUT2D eigenvalue weighted by Crippen LogP contribution is -1.80. The maximum atomic E-state index is 11.0. The first-order valence-corrected chi connectivity index (χ1v) is 2.82. The lowest BCUT2D eigenvalue weighted by Gasteiger charge is -1.84. The lowest BCUT2D eigenvalue weighted by atomic mass is 10.9. The number of aliphatic hydroxyl groups is 1. The van der Waals surface area contributed by atoms with Gasteiger partial charge in [-0.15, -0.1) is 11.8 Å². The van der Waals surface area contributed by atoms with Gasteiger partial charge in [0, 0.05) is 5.75 Å². The van der Waals surface area contributed by atoms with Crippen molar-refractivity contribution in [1.29, 1.82) is 0 Å². The summed E-state index contributed by atoms with van der Waals surface area (Å²) >= 11 is 1.19. The van der Waals surface area contributed by atoms with Crippen LogP contribution >= 0.6 is 11.8 Å². The number of alkyl halides is 1. The molecule has 0 unspecified atom stereocenters. The molecular formula is C3H7FOS. The van der Waals surface area contributed by atoms with Crippen molar-refractivity contribution < 1.29 is 9.50 Å². The lowest BCUT2D eigenvalue weighted by molar-refractivity contribution is 0.374. The first kappa shape index (κ1) is 6.24. The van der Waals surface area contributed by atoms with E-state index in [0.717, 1.165) is 0 Å². The molecule has 0 saturated carbocycles. The van der Waals surface area contributed by atoms with Crippen LogP contribution in [-0.4, -0.2) is 23.5 Å². The zero-order chi connectivity index (χ0) is 4.83. The number of thioether (sulfide) groups is 1. The molecule has 0 bridgehead atoms. The van der Waals surface area contributed by atoms with E-state index in [2.05, 4.69) is 0 Å². The average Bonchev–Trinajstić information content (AvgIpc) is 1.61. The van der Waals surface area contributed by atoms with Gasteiger partial charge >= 0.3 is 0 Å². The van der Waals surface area contributed by atoms with Crippen molar-refractivity contribution in [2.24, 2.45) is 0 Å². The van der Waals surface area contributed by atoms with E-state index in [1.165, 1.54) is 11.8 Å². The molecule has 0 amide bonds. The molecule has 0 radical (unpaired) electrons. The van der Waals surface area contributed by atoms with Gasteiger partial charge in [-0.05, 0) is 0 Å². The van der Waals surface area contributed by atoms with Crippen molar-refractivity contribution in [3.63, 3.8) is 0 Å². The smallest absolute Gasteiger partial charge is 0.0985 e. The molecule has 1 N–H and O–H groups in total. The molecule has 0 aliphatic carbocycles. The van der Waals surface area contributed by atoms with Crippen LogP contribution in [0.1, 0.15) is 0 Å². The van der Waals surface area contributed by atoms with E-state index in [0.29, 0.717) is 5.75 Å². The molecular weight excluding hydrogens is 103 g/mol. The van der Waals surface area contributed by atoms with Crippen LogP contribution < -0.4 is 0 Å². The Morgan fingerprint density at radius 2 is 2.33 bits per heavy atom. The predicted octanol–water partition coefficient (Wildman–Crippen LogP) is 0.639. The van der Waals surface area contributed by atoms with Crippen LogP contribution in [0.25, 0.3) is 0 Å². The molecule has 3 heteroatoms. The van der Waals surface area contributed by atoms with Crippen LogP contribution in [0.5, 0.6) is 0 Å². The predicted molar refractivity (Wildman–Crippen MR) is 25.5 cm³/mol. The molecule has 0 aliphatic rings. The van der Waals surface area contributed by atoms with Gasteiger partial charge in [-0.25, -0.2) is 0 Å². The van der Waals surface area contributed by atoms with Gasteiger partial charge in [0.15, 0.2) is 0 Å². The highest BCUT2D eigenvalue weighted by Crippen LogP contribution is 1.93. The first-order chi connectivity index (χ1) is 2.91. The topological polar surface area (TPSA) is 20.2 Å². The summed E-state index contributed by atoms with van der Waals surface area (Å²) in [6.07, 6.45) is 0. The molecule has 0 heterocycles. The Kier molecular flexibility index (Phi) is 5.45. The fourth-order valence-electron chi connectivity index (χ4n) is 0.119. The minimum Gasteiger partial charge on any atom is -0.386 e. The third-order valence-corrected chi connectivity index (χ3v) is 0.938. The Labute approximate surface area is 40.6 Å². The molecule has 0 saturated heterocycles. The summed E-state index contributed by atoms with van der Waals surface area (Å²) in [6.45, 7) is -0.342. The summed E-state index contributed by atoms with van der Waals surface area (Å²) in [5.74, 6) is 0.445. The van der Waals surface area contributed by atoms with E-state index in [1.54, 1.807) is 0 Å². The molecule has 1 nitrogen and oxygen atoms in total. The van der Waals surface area contributed by atoms with Gasteiger partial charge in [-0.2, -0.15) is 0 Å². The number of halogens is 1. The molecule has 0 rings (SSSR count). The number of hydrogen-bond donors (Lipinski definition) is 1. The van der Waals surface area contributed by atoms with Crippen molar-refractivity contribution in [2.45, 2.75) is 0 Å². The minimum absolute atomic E-state index is 0.0317. The maximum Gasteiger partial charge on any atom is 0.0985 e. The Bertz CT molecular complexity index is 22.8. The largest absolute Gasteiger partial charge is 0.386 e. The van der Waals surface area contributed by atoms with Crippen molar-refractivity contribution in [1.82, 2.24) is 0 Å². The van der Waals surface area contributed by atoms with Crippen LogP contribution in [-0.2, 0) is 0 Å². The van der Waals surface area contributed by atoms with Crippen LogP contribution in [0.2, 0.25) is 0 Å². The SMILES string of the molecule is OCSCCF. The average molecular weight is 110 g/mol. The van der Waals surface area contributed by atoms with E-state index >= 15 is 0 Å². The Morgan fingerprint density at radius 3 is 2.50 bits per heavy atom. The molecule has 0 aromatic heterocycles. The summed E-state index contributed by atoms with van der Waals surface area (Å²) in [4.78, 5) is 0. The summed E-state index contributed by atoms with van der Waals surface area (Å²) in [5, 5.41) is 7.99. The summed E-state index contributed by atoms with van der Waals surface area (Å²) in [6, 6.07) is 0. The zero-order valence-corrected chi connectivity index (χ0v) is 4.17. The van der Waals surface area contributed by atoms with Gasteiger partial charge in [-0.1, -0.05) is 0 Å². The minimum atomic E-state index is -0.342. The molecule has 38 valence electrons. The summed E-state index contributed by atoms with van der Waals surface area (Å²) in [5.41, 5.74) is 0. The van der Waals surface area contributed by atoms with E-state index < -0.39 is 0 Å². The fourth-order valence-corrected chi connectivity index (χ4v) is 0.357. The van der Waals surface area contributed by atoms with E-state index in [-0.39, 0.29) is 12.6 Å². The molecule has 0 aromatic carbocycles. The monoisotopic (exact) mass is 110 g/mol. The number of rotatable bonds is 3. The Morgan fingerprint density at radius 1 is 1.67 bits per heavy atom. The van der Waals surface area contributed by atoms with Crippen molar-refractivity contribution in [3.8, 4) is 0 Å². The number of hydrogen-bond acceptors (Lipinski definition) is 2. The standard InChI is InChI=1S/C3H7FOS/c4-1-2-6-3-5/h5H,1-3H2.